The number of carbonyl (C=O) groups is 2. The molecule has 0 N–H and O–H groups in total. The zero-order valence-corrected chi connectivity index (χ0v) is 17.6. The van der Waals surface area contributed by atoms with Crippen LogP contribution < -0.4 is 0 Å². The van der Waals surface area contributed by atoms with E-state index < -0.39 is 0 Å². The predicted octanol–water partition coefficient (Wildman–Crippen LogP) is 3.51. The van der Waals surface area contributed by atoms with Crippen LogP contribution in [-0.4, -0.2) is 60.5 Å². The lowest BCUT2D eigenvalue weighted by molar-refractivity contribution is -0.147. The molecule has 1 saturated carbocycles. The van der Waals surface area contributed by atoms with Crippen LogP contribution in [-0.2, 0) is 14.3 Å². The summed E-state index contributed by atoms with van der Waals surface area (Å²) in [6, 6.07) is 8.18. The van der Waals surface area contributed by atoms with Crippen LogP contribution in [0.3, 0.4) is 0 Å². The first kappa shape index (κ1) is 20.4. The second-order valence-corrected chi connectivity index (χ2v) is 8.91. The van der Waals surface area contributed by atoms with Gasteiger partial charge in [-0.1, -0.05) is 49.1 Å². The summed E-state index contributed by atoms with van der Waals surface area (Å²) in [5, 5.41) is 0. The number of carbonyl (C=O) groups excluding carboxylic acids is 2. The van der Waals surface area contributed by atoms with Gasteiger partial charge in [0.25, 0.3) is 0 Å². The molecule has 3 fully saturated rings. The summed E-state index contributed by atoms with van der Waals surface area (Å²) in [5.41, 5.74) is 2.34. The van der Waals surface area contributed by atoms with Gasteiger partial charge in [0, 0.05) is 19.6 Å². The first-order valence-corrected chi connectivity index (χ1v) is 11.4. The van der Waals surface area contributed by atoms with Gasteiger partial charge in [0.2, 0.25) is 11.8 Å². The molecule has 5 heteroatoms. The maximum absolute atomic E-state index is 13.9. The Morgan fingerprint density at radius 2 is 1.62 bits per heavy atom. The number of morpholine rings is 1. The number of ether oxygens (including phenoxy) is 1. The Labute approximate surface area is 174 Å². The zero-order chi connectivity index (χ0) is 20.2. The van der Waals surface area contributed by atoms with Crippen LogP contribution in [0.2, 0.25) is 0 Å². The van der Waals surface area contributed by atoms with Gasteiger partial charge in [-0.3, -0.25) is 9.59 Å². The largest absolute Gasteiger partial charge is 0.378 e. The quantitative estimate of drug-likeness (QED) is 0.780. The number of hydrogen-bond acceptors (Lipinski definition) is 3. The fraction of sp³-hybridized carbons (Fsp3) is 0.667. The summed E-state index contributed by atoms with van der Waals surface area (Å²) in [5.74, 6) is 0.558. The van der Waals surface area contributed by atoms with Gasteiger partial charge >= 0.3 is 0 Å². The third-order valence-electron chi connectivity index (χ3n) is 6.97. The summed E-state index contributed by atoms with van der Waals surface area (Å²) < 4.78 is 5.40. The van der Waals surface area contributed by atoms with Crippen LogP contribution in [0.1, 0.15) is 62.0 Å². The van der Waals surface area contributed by atoms with Crippen molar-refractivity contribution in [3.8, 4) is 0 Å². The van der Waals surface area contributed by atoms with E-state index in [9.17, 15) is 9.59 Å². The molecule has 2 saturated heterocycles. The standard InChI is InChI=1S/C24H34N2O3/c1-18-9-11-20(12-10-18)22(19-6-3-2-4-7-19)24(28)26-13-5-8-21(26)23(27)25-14-16-29-17-15-25/h9-12,19,21-22H,2-8,13-17H2,1H3. The SMILES string of the molecule is Cc1ccc(C(C(=O)N2CCCC2C(=O)N2CCOCC2)C2CCCCC2)cc1. The van der Waals surface area contributed by atoms with Crippen LogP contribution in [0.4, 0.5) is 0 Å². The lowest BCUT2D eigenvalue weighted by atomic mass is 9.76. The minimum atomic E-state index is -0.294. The normalized spacial score (nSPS) is 24.5. The van der Waals surface area contributed by atoms with Gasteiger partial charge in [0.1, 0.15) is 6.04 Å². The van der Waals surface area contributed by atoms with Gasteiger partial charge in [0.15, 0.2) is 0 Å². The Kier molecular flexibility index (Phi) is 6.53. The number of hydrogen-bond donors (Lipinski definition) is 0. The molecule has 29 heavy (non-hydrogen) atoms. The van der Waals surface area contributed by atoms with Crippen LogP contribution in [0, 0.1) is 12.8 Å². The van der Waals surface area contributed by atoms with Crippen LogP contribution in [0.5, 0.6) is 0 Å². The molecule has 3 aliphatic rings. The Morgan fingerprint density at radius 1 is 0.931 bits per heavy atom. The number of aryl methyl sites for hydroxylation is 1. The number of amides is 2. The van der Waals surface area contributed by atoms with E-state index in [-0.39, 0.29) is 23.8 Å². The summed E-state index contributed by atoms with van der Waals surface area (Å²) >= 11 is 0. The molecule has 1 aromatic rings. The molecule has 2 heterocycles. The molecule has 2 aliphatic heterocycles. The molecule has 0 bridgehead atoms. The van der Waals surface area contributed by atoms with E-state index in [2.05, 4.69) is 31.2 Å². The predicted molar refractivity (Wildman–Crippen MR) is 113 cm³/mol. The Hall–Kier alpha value is -1.88. The molecule has 2 unspecified atom stereocenters. The van der Waals surface area contributed by atoms with Crippen molar-refractivity contribution in [3.05, 3.63) is 35.4 Å². The molecule has 5 nitrogen and oxygen atoms in total. The molecule has 4 rings (SSSR count). The monoisotopic (exact) mass is 398 g/mol. The second kappa shape index (κ2) is 9.29. The maximum Gasteiger partial charge on any atom is 0.245 e. The van der Waals surface area contributed by atoms with Gasteiger partial charge in [-0.05, 0) is 44.1 Å². The number of benzene rings is 1. The molecule has 0 radical (unpaired) electrons. The van der Waals surface area contributed by atoms with Crippen molar-refractivity contribution >= 4 is 11.8 Å². The average molecular weight is 399 g/mol. The van der Waals surface area contributed by atoms with E-state index in [4.69, 9.17) is 4.74 Å². The summed E-state index contributed by atoms with van der Waals surface area (Å²) in [6.07, 6.45) is 7.60. The smallest absolute Gasteiger partial charge is 0.245 e. The topological polar surface area (TPSA) is 49.9 Å². The number of nitrogens with zero attached hydrogens (tertiary/aromatic N) is 2. The van der Waals surface area contributed by atoms with E-state index >= 15 is 0 Å². The van der Waals surface area contributed by atoms with Gasteiger partial charge in [0.05, 0.1) is 19.1 Å². The van der Waals surface area contributed by atoms with E-state index in [1.807, 2.05) is 9.80 Å². The van der Waals surface area contributed by atoms with Crippen molar-refractivity contribution in [1.82, 2.24) is 9.80 Å². The molecular weight excluding hydrogens is 364 g/mol. The van der Waals surface area contributed by atoms with E-state index in [1.54, 1.807) is 0 Å². The van der Waals surface area contributed by atoms with E-state index in [1.165, 1.54) is 24.8 Å². The fourth-order valence-corrected chi connectivity index (χ4v) is 5.32. The van der Waals surface area contributed by atoms with Crippen LogP contribution in [0.15, 0.2) is 24.3 Å². The van der Waals surface area contributed by atoms with Crippen LogP contribution in [0.25, 0.3) is 0 Å². The number of rotatable bonds is 4. The minimum Gasteiger partial charge on any atom is -0.378 e. The van der Waals surface area contributed by atoms with Gasteiger partial charge in [-0.15, -0.1) is 0 Å². The van der Waals surface area contributed by atoms with Crippen molar-refractivity contribution in [2.24, 2.45) is 5.92 Å². The van der Waals surface area contributed by atoms with E-state index in [0.717, 1.165) is 31.2 Å². The lowest BCUT2D eigenvalue weighted by Crippen LogP contribution is -2.52. The molecule has 0 aromatic heterocycles. The minimum absolute atomic E-state index is 0.116. The van der Waals surface area contributed by atoms with Gasteiger partial charge < -0.3 is 14.5 Å². The van der Waals surface area contributed by atoms with Crippen molar-refractivity contribution in [2.45, 2.75) is 63.8 Å². The molecule has 1 aromatic carbocycles. The fourth-order valence-electron chi connectivity index (χ4n) is 5.32. The molecule has 1 aliphatic carbocycles. The second-order valence-electron chi connectivity index (χ2n) is 8.91. The average Bonchev–Trinajstić information content (AvgIpc) is 3.26. The molecule has 158 valence electrons. The number of likely N-dealkylation sites (tertiary alicyclic amines) is 1. The molecule has 2 atom stereocenters. The third-order valence-corrected chi connectivity index (χ3v) is 6.97. The molecule has 2 amide bonds. The Balaban J connectivity index is 1.56. The Bertz CT molecular complexity index is 705. The Morgan fingerprint density at radius 3 is 2.31 bits per heavy atom. The van der Waals surface area contributed by atoms with Crippen molar-refractivity contribution in [3.63, 3.8) is 0 Å². The first-order chi connectivity index (χ1) is 14.1. The highest BCUT2D eigenvalue weighted by atomic mass is 16.5. The van der Waals surface area contributed by atoms with Crippen molar-refractivity contribution in [1.29, 1.82) is 0 Å². The highest BCUT2D eigenvalue weighted by Crippen LogP contribution is 2.39. The summed E-state index contributed by atoms with van der Waals surface area (Å²) in [7, 11) is 0. The zero-order valence-electron chi connectivity index (χ0n) is 17.6. The lowest BCUT2D eigenvalue weighted by Gasteiger charge is -2.36. The maximum atomic E-state index is 13.9. The molecule has 0 spiro atoms. The van der Waals surface area contributed by atoms with Gasteiger partial charge in [-0.25, -0.2) is 0 Å². The first-order valence-electron chi connectivity index (χ1n) is 11.4. The molecular formula is C24H34N2O3. The van der Waals surface area contributed by atoms with Crippen LogP contribution >= 0.6 is 0 Å². The highest BCUT2D eigenvalue weighted by molar-refractivity contribution is 5.91. The van der Waals surface area contributed by atoms with Crippen molar-refractivity contribution < 1.29 is 14.3 Å². The third kappa shape index (κ3) is 4.50. The van der Waals surface area contributed by atoms with E-state index in [0.29, 0.717) is 38.8 Å². The summed E-state index contributed by atoms with van der Waals surface area (Å²) in [6.45, 7) is 5.26. The summed E-state index contributed by atoms with van der Waals surface area (Å²) in [4.78, 5) is 30.8. The van der Waals surface area contributed by atoms with Crippen molar-refractivity contribution in [2.75, 3.05) is 32.8 Å². The highest BCUT2D eigenvalue weighted by Gasteiger charge is 2.41. The van der Waals surface area contributed by atoms with Gasteiger partial charge in [-0.2, -0.15) is 0 Å².